The molecule has 5 heteroatoms. The highest BCUT2D eigenvalue weighted by Crippen LogP contribution is 1.84. The molecule has 0 spiro atoms. The highest BCUT2D eigenvalue weighted by molar-refractivity contribution is 4.81. The van der Waals surface area contributed by atoms with E-state index in [0.29, 0.717) is 52.9 Å². The molecule has 1 heterocycles. The molecule has 1 aliphatic heterocycles. The molecule has 0 saturated heterocycles. The minimum absolute atomic E-state index is 0.613. The molecule has 1 aliphatic rings. The van der Waals surface area contributed by atoms with E-state index in [1.165, 1.54) is 0 Å². The van der Waals surface area contributed by atoms with E-state index in [9.17, 15) is 0 Å². The van der Waals surface area contributed by atoms with Crippen LogP contribution in [0.5, 0.6) is 0 Å². The van der Waals surface area contributed by atoms with Gasteiger partial charge in [-0.05, 0) is 0 Å². The lowest BCUT2D eigenvalue weighted by Crippen LogP contribution is -2.25. The van der Waals surface area contributed by atoms with Crippen molar-refractivity contribution < 1.29 is 18.9 Å². The molecule has 0 fully saturated rings. The summed E-state index contributed by atoms with van der Waals surface area (Å²) in [5.74, 6) is 0. The predicted molar refractivity (Wildman–Crippen MR) is 65.3 cm³/mol. The number of nitrogens with one attached hydrogen (secondary N) is 1. The van der Waals surface area contributed by atoms with Crippen LogP contribution >= 0.6 is 0 Å². The van der Waals surface area contributed by atoms with E-state index in [-0.39, 0.29) is 0 Å². The van der Waals surface area contributed by atoms with Crippen LogP contribution in [-0.4, -0.2) is 65.9 Å². The first-order valence-electron chi connectivity index (χ1n) is 6.17. The first-order valence-corrected chi connectivity index (χ1v) is 6.17. The lowest BCUT2D eigenvalue weighted by molar-refractivity contribution is 0.0554. The normalized spacial score (nSPS) is 24.9. The van der Waals surface area contributed by atoms with E-state index >= 15 is 0 Å². The van der Waals surface area contributed by atoms with Crippen molar-refractivity contribution in [3.05, 3.63) is 12.2 Å². The Morgan fingerprint density at radius 2 is 1.06 bits per heavy atom. The van der Waals surface area contributed by atoms with Crippen LogP contribution in [0.25, 0.3) is 0 Å². The second-order valence-corrected chi connectivity index (χ2v) is 3.60. The molecule has 0 saturated carbocycles. The van der Waals surface area contributed by atoms with Gasteiger partial charge in [0, 0.05) is 13.1 Å². The van der Waals surface area contributed by atoms with Crippen molar-refractivity contribution in [1.82, 2.24) is 5.32 Å². The summed E-state index contributed by atoms with van der Waals surface area (Å²) in [4.78, 5) is 0. The summed E-state index contributed by atoms with van der Waals surface area (Å²) in [5, 5.41) is 3.24. The van der Waals surface area contributed by atoms with E-state index in [1.807, 2.05) is 12.2 Å². The van der Waals surface area contributed by atoms with Crippen LogP contribution < -0.4 is 5.32 Å². The third kappa shape index (κ3) is 10.4. The summed E-state index contributed by atoms with van der Waals surface area (Å²) in [6.45, 7) is 6.89. The van der Waals surface area contributed by atoms with Gasteiger partial charge in [-0.3, -0.25) is 0 Å². The van der Waals surface area contributed by atoms with Gasteiger partial charge in [-0.15, -0.1) is 0 Å². The fourth-order valence-electron chi connectivity index (χ4n) is 1.29. The zero-order valence-corrected chi connectivity index (χ0v) is 10.4. The molecule has 0 aliphatic carbocycles. The van der Waals surface area contributed by atoms with Gasteiger partial charge < -0.3 is 24.3 Å². The predicted octanol–water partition coefficient (Wildman–Crippen LogP) is 0.212. The Kier molecular flexibility index (Phi) is 10.3. The first-order chi connectivity index (χ1) is 8.50. The van der Waals surface area contributed by atoms with Crippen LogP contribution in [0.3, 0.4) is 0 Å². The molecule has 0 aromatic heterocycles. The summed E-state index contributed by atoms with van der Waals surface area (Å²) in [5.41, 5.74) is 0. The molecule has 0 aromatic carbocycles. The maximum atomic E-state index is 5.38. The van der Waals surface area contributed by atoms with E-state index in [2.05, 4.69) is 5.32 Å². The lowest BCUT2D eigenvalue weighted by Gasteiger charge is -2.06. The lowest BCUT2D eigenvalue weighted by atomic mass is 10.5. The van der Waals surface area contributed by atoms with Gasteiger partial charge in [0.25, 0.3) is 0 Å². The molecule has 1 N–H and O–H groups in total. The Morgan fingerprint density at radius 3 is 1.59 bits per heavy atom. The van der Waals surface area contributed by atoms with E-state index in [1.54, 1.807) is 0 Å². The number of ether oxygens (including phenoxy) is 4. The zero-order valence-electron chi connectivity index (χ0n) is 10.4. The standard InChI is InChI=1S/C12H23NO4/c1-2-6-15-10-12-17-8-4-13-3-7-16-11-9-14-5-1/h1-2,13H,3-12H2/b2-1+. The van der Waals surface area contributed by atoms with Crippen molar-refractivity contribution in [1.29, 1.82) is 0 Å². The highest BCUT2D eigenvalue weighted by atomic mass is 16.5. The summed E-state index contributed by atoms with van der Waals surface area (Å²) in [7, 11) is 0. The maximum absolute atomic E-state index is 5.38. The van der Waals surface area contributed by atoms with Crippen LogP contribution in [0.1, 0.15) is 0 Å². The fourth-order valence-corrected chi connectivity index (χ4v) is 1.29. The van der Waals surface area contributed by atoms with Gasteiger partial charge in [0.2, 0.25) is 0 Å². The molecule has 0 bridgehead atoms. The van der Waals surface area contributed by atoms with Crippen molar-refractivity contribution in [2.75, 3.05) is 65.9 Å². The second kappa shape index (κ2) is 12.0. The minimum atomic E-state index is 0.613. The molecule has 5 nitrogen and oxygen atoms in total. The summed E-state index contributed by atoms with van der Waals surface area (Å²) >= 11 is 0. The summed E-state index contributed by atoms with van der Waals surface area (Å²) in [6.07, 6.45) is 3.92. The molecule has 0 amide bonds. The van der Waals surface area contributed by atoms with E-state index in [4.69, 9.17) is 18.9 Å². The van der Waals surface area contributed by atoms with Gasteiger partial charge in [-0.1, -0.05) is 12.2 Å². The average molecular weight is 245 g/mol. The van der Waals surface area contributed by atoms with Crippen molar-refractivity contribution in [3.63, 3.8) is 0 Å². The van der Waals surface area contributed by atoms with Crippen molar-refractivity contribution >= 4 is 0 Å². The Labute approximate surface area is 103 Å². The van der Waals surface area contributed by atoms with Crippen LogP contribution in [0.4, 0.5) is 0 Å². The second-order valence-electron chi connectivity index (χ2n) is 3.60. The van der Waals surface area contributed by atoms with Crippen LogP contribution in [-0.2, 0) is 18.9 Å². The van der Waals surface area contributed by atoms with Gasteiger partial charge in [0.1, 0.15) is 0 Å². The number of rotatable bonds is 0. The van der Waals surface area contributed by atoms with Crippen LogP contribution in [0, 0.1) is 0 Å². The van der Waals surface area contributed by atoms with Crippen LogP contribution in [0.2, 0.25) is 0 Å². The van der Waals surface area contributed by atoms with Gasteiger partial charge in [0.15, 0.2) is 0 Å². The first kappa shape index (κ1) is 14.6. The Hall–Kier alpha value is -0.460. The van der Waals surface area contributed by atoms with Crippen molar-refractivity contribution in [2.45, 2.75) is 0 Å². The third-order valence-electron chi connectivity index (χ3n) is 2.19. The summed E-state index contributed by atoms with van der Waals surface area (Å²) in [6, 6.07) is 0. The van der Waals surface area contributed by atoms with Gasteiger partial charge in [-0.25, -0.2) is 0 Å². The molecule has 0 unspecified atom stereocenters. The van der Waals surface area contributed by atoms with E-state index < -0.39 is 0 Å². The molecule has 0 atom stereocenters. The molecular weight excluding hydrogens is 222 g/mol. The Bertz CT molecular complexity index is 169. The Morgan fingerprint density at radius 1 is 0.588 bits per heavy atom. The minimum Gasteiger partial charge on any atom is -0.378 e. The van der Waals surface area contributed by atoms with Gasteiger partial charge in [-0.2, -0.15) is 0 Å². The average Bonchev–Trinajstić information content (AvgIpc) is 2.35. The summed E-state index contributed by atoms with van der Waals surface area (Å²) < 4.78 is 21.5. The topological polar surface area (TPSA) is 49.0 Å². The van der Waals surface area contributed by atoms with Gasteiger partial charge in [0.05, 0.1) is 52.9 Å². The molecule has 17 heavy (non-hydrogen) atoms. The molecule has 100 valence electrons. The third-order valence-corrected chi connectivity index (χ3v) is 2.19. The van der Waals surface area contributed by atoms with Crippen molar-refractivity contribution in [2.24, 2.45) is 0 Å². The molecular formula is C12H23NO4. The molecule has 0 radical (unpaired) electrons. The molecule has 1 rings (SSSR count). The highest BCUT2D eigenvalue weighted by Gasteiger charge is 1.92. The van der Waals surface area contributed by atoms with E-state index in [0.717, 1.165) is 13.1 Å². The smallest absolute Gasteiger partial charge is 0.0704 e. The zero-order chi connectivity index (χ0) is 12.0. The SMILES string of the molecule is C1=C/COCCOCCNCCOCCOC/1. The number of hydrogen-bond acceptors (Lipinski definition) is 5. The van der Waals surface area contributed by atoms with Crippen molar-refractivity contribution in [3.8, 4) is 0 Å². The molecule has 0 aromatic rings. The number of hydrogen-bond donors (Lipinski definition) is 1. The monoisotopic (exact) mass is 245 g/mol. The largest absolute Gasteiger partial charge is 0.378 e. The maximum Gasteiger partial charge on any atom is 0.0704 e. The van der Waals surface area contributed by atoms with Crippen LogP contribution in [0.15, 0.2) is 12.2 Å². The quantitative estimate of drug-likeness (QED) is 0.618. The Balaban J connectivity index is 2.07. The fraction of sp³-hybridized carbons (Fsp3) is 0.833. The van der Waals surface area contributed by atoms with Gasteiger partial charge >= 0.3 is 0 Å².